The third-order valence-electron chi connectivity index (χ3n) is 5.88. The Labute approximate surface area is 195 Å². The molecule has 1 saturated carbocycles. The lowest BCUT2D eigenvalue weighted by Crippen LogP contribution is -2.34. The monoisotopic (exact) mass is 473 g/mol. The number of carbonyl (C=O) groups is 2. The molecule has 0 N–H and O–H groups in total. The van der Waals surface area contributed by atoms with Crippen molar-refractivity contribution in [3.63, 3.8) is 0 Å². The SMILES string of the molecule is CCOc1cccc(OCC)c1C(=O)C1([P](=O)C(=O)c2c(OC)cccc2OC)CCCC1. The maximum Gasteiger partial charge on any atom is 0.250 e. The summed E-state index contributed by atoms with van der Waals surface area (Å²) in [6, 6.07) is 10.0. The van der Waals surface area contributed by atoms with Gasteiger partial charge in [0.05, 0.1) is 27.4 Å². The number of carbonyl (C=O) groups excluding carboxylic acids is 2. The number of benzene rings is 2. The lowest BCUT2D eigenvalue weighted by molar-refractivity contribution is 0.0923. The Balaban J connectivity index is 2.13. The number of methoxy groups -OCH3 is 2. The van der Waals surface area contributed by atoms with Crippen LogP contribution in [0.1, 0.15) is 60.2 Å². The van der Waals surface area contributed by atoms with Gasteiger partial charge in [-0.05, 0) is 51.0 Å². The van der Waals surface area contributed by atoms with Crippen molar-refractivity contribution in [3.8, 4) is 23.0 Å². The normalized spacial score (nSPS) is 15.0. The number of hydrogen-bond acceptors (Lipinski definition) is 7. The van der Waals surface area contributed by atoms with E-state index in [0.29, 0.717) is 50.4 Å². The van der Waals surface area contributed by atoms with Gasteiger partial charge >= 0.3 is 0 Å². The van der Waals surface area contributed by atoms with Crippen LogP contribution >= 0.6 is 7.80 Å². The van der Waals surface area contributed by atoms with Gasteiger partial charge in [0.25, 0.3) is 0 Å². The second kappa shape index (κ2) is 10.8. The molecule has 33 heavy (non-hydrogen) atoms. The van der Waals surface area contributed by atoms with Crippen LogP contribution in [0.4, 0.5) is 0 Å². The molecule has 8 heteroatoms. The summed E-state index contributed by atoms with van der Waals surface area (Å²) in [5.74, 6) is 0.868. The largest absolute Gasteiger partial charge is 0.496 e. The maximum absolute atomic E-state index is 14.1. The van der Waals surface area contributed by atoms with Crippen LogP contribution in [0.25, 0.3) is 0 Å². The molecule has 1 fully saturated rings. The fourth-order valence-corrected chi connectivity index (χ4v) is 6.19. The first-order chi connectivity index (χ1) is 15.9. The van der Waals surface area contributed by atoms with E-state index in [9.17, 15) is 14.2 Å². The maximum atomic E-state index is 14.1. The first kappa shape index (κ1) is 24.7. The quantitative estimate of drug-likeness (QED) is 0.307. The van der Waals surface area contributed by atoms with E-state index >= 15 is 0 Å². The molecule has 1 aliphatic rings. The van der Waals surface area contributed by atoms with E-state index in [0.717, 1.165) is 0 Å². The highest BCUT2D eigenvalue weighted by atomic mass is 31.1. The van der Waals surface area contributed by atoms with Crippen LogP contribution in [0.3, 0.4) is 0 Å². The van der Waals surface area contributed by atoms with Gasteiger partial charge in [-0.15, -0.1) is 0 Å². The van der Waals surface area contributed by atoms with Crippen LogP contribution in [0.15, 0.2) is 36.4 Å². The fraction of sp³-hybridized carbons (Fsp3) is 0.440. The van der Waals surface area contributed by atoms with Crippen molar-refractivity contribution in [2.45, 2.75) is 44.7 Å². The Hall–Kier alpha value is -2.92. The van der Waals surface area contributed by atoms with E-state index in [4.69, 9.17) is 18.9 Å². The summed E-state index contributed by atoms with van der Waals surface area (Å²) in [7, 11) is 0.202. The van der Waals surface area contributed by atoms with Crippen LogP contribution in [-0.2, 0) is 4.57 Å². The zero-order valence-electron chi connectivity index (χ0n) is 19.5. The minimum atomic E-state index is -2.66. The van der Waals surface area contributed by atoms with Crippen LogP contribution in [0.5, 0.6) is 23.0 Å². The summed E-state index contributed by atoms with van der Waals surface area (Å²) in [6.07, 6.45) is 2.08. The lowest BCUT2D eigenvalue weighted by atomic mass is 9.93. The Morgan fingerprint density at radius 1 is 0.818 bits per heavy atom. The molecule has 1 atom stereocenters. The average molecular weight is 473 g/mol. The molecule has 0 bridgehead atoms. The molecule has 0 aliphatic heterocycles. The molecule has 2 aromatic carbocycles. The van der Waals surface area contributed by atoms with Crippen molar-refractivity contribution in [2.24, 2.45) is 0 Å². The molecule has 0 aromatic heterocycles. The number of ether oxygens (including phenoxy) is 4. The Bertz CT molecular complexity index is 995. The van der Waals surface area contributed by atoms with Crippen molar-refractivity contribution >= 4 is 19.1 Å². The van der Waals surface area contributed by atoms with Crippen LogP contribution in [0, 0.1) is 0 Å². The minimum Gasteiger partial charge on any atom is -0.496 e. The van der Waals surface area contributed by atoms with Crippen molar-refractivity contribution < 1.29 is 33.1 Å². The summed E-state index contributed by atoms with van der Waals surface area (Å²) < 4.78 is 36.1. The van der Waals surface area contributed by atoms with E-state index in [1.54, 1.807) is 36.4 Å². The number of ketones is 1. The molecule has 177 valence electrons. The van der Waals surface area contributed by atoms with Gasteiger partial charge in [0.2, 0.25) is 5.52 Å². The highest BCUT2D eigenvalue weighted by Crippen LogP contribution is 2.56. The molecule has 3 rings (SSSR count). The summed E-state index contributed by atoms with van der Waals surface area (Å²) >= 11 is 0. The molecule has 0 heterocycles. The number of rotatable bonds is 11. The molecule has 0 saturated heterocycles. The van der Waals surface area contributed by atoms with Crippen molar-refractivity contribution in [3.05, 3.63) is 47.5 Å². The highest BCUT2D eigenvalue weighted by Gasteiger charge is 2.52. The molecule has 0 amide bonds. The molecule has 0 spiro atoms. The number of hydrogen-bond donors (Lipinski definition) is 0. The third-order valence-corrected chi connectivity index (χ3v) is 7.90. The van der Waals surface area contributed by atoms with Crippen molar-refractivity contribution in [1.82, 2.24) is 0 Å². The van der Waals surface area contributed by atoms with E-state index in [1.165, 1.54) is 14.2 Å². The predicted molar refractivity (Wildman–Crippen MR) is 126 cm³/mol. The van der Waals surface area contributed by atoms with Crippen LogP contribution in [0.2, 0.25) is 0 Å². The molecular formula is C25H30O7P. The minimum absolute atomic E-state index is 0.0887. The second-order valence-electron chi connectivity index (χ2n) is 7.70. The molecular weight excluding hydrogens is 443 g/mol. The first-order valence-electron chi connectivity index (χ1n) is 11.1. The topological polar surface area (TPSA) is 88.1 Å². The van der Waals surface area contributed by atoms with Crippen molar-refractivity contribution in [1.29, 1.82) is 0 Å². The Morgan fingerprint density at radius 3 is 1.70 bits per heavy atom. The van der Waals surface area contributed by atoms with Crippen molar-refractivity contribution in [2.75, 3.05) is 27.4 Å². The first-order valence-corrected chi connectivity index (χ1v) is 12.4. The zero-order valence-corrected chi connectivity index (χ0v) is 20.4. The summed E-state index contributed by atoms with van der Waals surface area (Å²) in [6.45, 7) is 4.36. The fourth-order valence-electron chi connectivity index (χ4n) is 4.36. The Morgan fingerprint density at radius 2 is 1.27 bits per heavy atom. The van der Waals surface area contributed by atoms with Gasteiger partial charge < -0.3 is 18.9 Å². The molecule has 2 aromatic rings. The van der Waals surface area contributed by atoms with Crippen LogP contribution < -0.4 is 18.9 Å². The van der Waals surface area contributed by atoms with E-state index in [2.05, 4.69) is 0 Å². The van der Waals surface area contributed by atoms with E-state index in [1.807, 2.05) is 13.8 Å². The summed E-state index contributed by atoms with van der Waals surface area (Å²) in [5, 5.41) is -1.35. The van der Waals surface area contributed by atoms with Gasteiger partial charge in [0, 0.05) is 0 Å². The second-order valence-corrected chi connectivity index (χ2v) is 9.55. The third kappa shape index (κ3) is 4.60. The predicted octanol–water partition coefficient (Wildman–Crippen LogP) is 5.66. The average Bonchev–Trinajstić information content (AvgIpc) is 3.34. The van der Waals surface area contributed by atoms with Crippen LogP contribution in [-0.4, -0.2) is 43.9 Å². The molecule has 1 aliphatic carbocycles. The zero-order chi connectivity index (χ0) is 24.0. The van der Waals surface area contributed by atoms with Gasteiger partial charge in [-0.1, -0.05) is 25.0 Å². The lowest BCUT2D eigenvalue weighted by Gasteiger charge is -2.27. The molecule has 7 nitrogen and oxygen atoms in total. The van der Waals surface area contributed by atoms with E-state index in [-0.39, 0.29) is 28.4 Å². The van der Waals surface area contributed by atoms with Gasteiger partial charge in [0.1, 0.15) is 39.3 Å². The highest BCUT2D eigenvalue weighted by molar-refractivity contribution is 7.67. The van der Waals surface area contributed by atoms with E-state index < -0.39 is 18.5 Å². The smallest absolute Gasteiger partial charge is 0.250 e. The number of Topliss-reactive ketones (excluding diaryl/α,β-unsaturated/α-hetero) is 1. The molecule has 1 unspecified atom stereocenters. The van der Waals surface area contributed by atoms with Gasteiger partial charge in [-0.3, -0.25) is 14.2 Å². The Kier molecular flexibility index (Phi) is 8.09. The summed E-state index contributed by atoms with van der Waals surface area (Å²) in [5.41, 5.74) is -0.321. The standard InChI is InChI=1S/C25H30O7P/c1-5-31-19-13-10-14-20(32-6-2)21(19)23(26)25(15-7-8-16-25)33(28)24(27)22-17(29-3)11-9-12-18(22)30-4/h9-14H,5-8,15-16H2,1-4H3. The summed E-state index contributed by atoms with van der Waals surface area (Å²) in [4.78, 5) is 27.7. The van der Waals surface area contributed by atoms with Gasteiger partial charge in [-0.2, -0.15) is 0 Å². The van der Waals surface area contributed by atoms with Gasteiger partial charge in [-0.25, -0.2) is 0 Å². The van der Waals surface area contributed by atoms with Gasteiger partial charge in [0.15, 0.2) is 13.6 Å². The molecule has 1 radical (unpaired) electrons.